The average molecular weight is 328 g/mol. The molecule has 2 aromatic carbocycles. The molecule has 1 heterocycles. The standard InChI is InChI=1S/C18H17FN2OS/c1-11-12(2)23-18(21-11)14-5-8-17(16(20)9-14)22-10-13-3-6-15(19)7-4-13/h3-9H,10,20H2,1-2H3. The summed E-state index contributed by atoms with van der Waals surface area (Å²) in [6.07, 6.45) is 0. The lowest BCUT2D eigenvalue weighted by Crippen LogP contribution is -1.99. The number of hydrogen-bond donors (Lipinski definition) is 1. The molecule has 0 aliphatic carbocycles. The minimum atomic E-state index is -0.258. The van der Waals surface area contributed by atoms with Gasteiger partial charge in [-0.15, -0.1) is 11.3 Å². The predicted octanol–water partition coefficient (Wildman–Crippen LogP) is 4.73. The Morgan fingerprint density at radius 3 is 2.48 bits per heavy atom. The first-order chi connectivity index (χ1) is 11.0. The zero-order chi connectivity index (χ0) is 16.4. The maximum absolute atomic E-state index is 12.9. The van der Waals surface area contributed by atoms with Crippen LogP contribution in [0.4, 0.5) is 10.1 Å². The number of rotatable bonds is 4. The fourth-order valence-electron chi connectivity index (χ4n) is 2.15. The second-order valence-corrected chi connectivity index (χ2v) is 6.53. The van der Waals surface area contributed by atoms with Crippen molar-refractivity contribution in [2.75, 3.05) is 5.73 Å². The molecule has 1 aromatic heterocycles. The first-order valence-electron chi connectivity index (χ1n) is 7.24. The minimum absolute atomic E-state index is 0.258. The van der Waals surface area contributed by atoms with Gasteiger partial charge in [-0.1, -0.05) is 12.1 Å². The van der Waals surface area contributed by atoms with Crippen LogP contribution in [-0.4, -0.2) is 4.98 Å². The van der Waals surface area contributed by atoms with Crippen LogP contribution in [0.5, 0.6) is 5.75 Å². The molecule has 3 aromatic rings. The van der Waals surface area contributed by atoms with E-state index in [2.05, 4.69) is 11.9 Å². The van der Waals surface area contributed by atoms with Crippen molar-refractivity contribution in [3.05, 3.63) is 64.4 Å². The summed E-state index contributed by atoms with van der Waals surface area (Å²) in [5.74, 6) is 0.356. The van der Waals surface area contributed by atoms with Crippen LogP contribution < -0.4 is 10.5 Å². The molecule has 0 fully saturated rings. The van der Waals surface area contributed by atoms with Gasteiger partial charge >= 0.3 is 0 Å². The Balaban J connectivity index is 1.75. The van der Waals surface area contributed by atoms with Gasteiger partial charge in [0.05, 0.1) is 11.4 Å². The van der Waals surface area contributed by atoms with E-state index in [1.54, 1.807) is 23.5 Å². The Morgan fingerprint density at radius 1 is 1.13 bits per heavy atom. The maximum atomic E-state index is 12.9. The summed E-state index contributed by atoms with van der Waals surface area (Å²) < 4.78 is 18.6. The summed E-state index contributed by atoms with van der Waals surface area (Å²) in [6, 6.07) is 11.9. The summed E-state index contributed by atoms with van der Waals surface area (Å²) in [5, 5.41) is 0.955. The van der Waals surface area contributed by atoms with Gasteiger partial charge in [0.2, 0.25) is 0 Å². The van der Waals surface area contributed by atoms with E-state index < -0.39 is 0 Å². The second kappa shape index (κ2) is 6.38. The minimum Gasteiger partial charge on any atom is -0.487 e. The monoisotopic (exact) mass is 328 g/mol. The molecule has 2 N–H and O–H groups in total. The lowest BCUT2D eigenvalue weighted by molar-refractivity contribution is 0.308. The molecule has 23 heavy (non-hydrogen) atoms. The van der Waals surface area contributed by atoms with Crippen LogP contribution in [0.2, 0.25) is 0 Å². The molecule has 0 saturated carbocycles. The van der Waals surface area contributed by atoms with Crippen molar-refractivity contribution in [2.24, 2.45) is 0 Å². The molecule has 0 aliphatic rings. The number of nitrogens with zero attached hydrogens (tertiary/aromatic N) is 1. The van der Waals surface area contributed by atoms with E-state index >= 15 is 0 Å². The Bertz CT molecular complexity index is 808. The number of benzene rings is 2. The van der Waals surface area contributed by atoms with Crippen molar-refractivity contribution in [3.63, 3.8) is 0 Å². The molecule has 0 atom stereocenters. The van der Waals surface area contributed by atoms with Crippen LogP contribution in [0.15, 0.2) is 42.5 Å². The number of aryl methyl sites for hydroxylation is 2. The van der Waals surface area contributed by atoms with E-state index in [9.17, 15) is 4.39 Å². The molecule has 0 radical (unpaired) electrons. The van der Waals surface area contributed by atoms with Crippen molar-refractivity contribution in [3.8, 4) is 16.3 Å². The van der Waals surface area contributed by atoms with Crippen molar-refractivity contribution in [1.82, 2.24) is 4.98 Å². The number of anilines is 1. The van der Waals surface area contributed by atoms with Gasteiger partial charge in [0.15, 0.2) is 0 Å². The normalized spacial score (nSPS) is 10.7. The van der Waals surface area contributed by atoms with Crippen molar-refractivity contribution in [1.29, 1.82) is 0 Å². The average Bonchev–Trinajstić information content (AvgIpc) is 2.87. The SMILES string of the molecule is Cc1nc(-c2ccc(OCc3ccc(F)cc3)c(N)c2)sc1C. The smallest absolute Gasteiger partial charge is 0.142 e. The number of hydrogen-bond acceptors (Lipinski definition) is 4. The molecule has 118 valence electrons. The summed E-state index contributed by atoms with van der Waals surface area (Å²) >= 11 is 1.65. The molecule has 3 rings (SSSR count). The van der Waals surface area contributed by atoms with Crippen LogP contribution in [0.3, 0.4) is 0 Å². The Kier molecular flexibility index (Phi) is 4.30. The van der Waals surface area contributed by atoms with Gasteiger partial charge in [-0.2, -0.15) is 0 Å². The van der Waals surface area contributed by atoms with E-state index in [1.807, 2.05) is 25.1 Å². The highest BCUT2D eigenvalue weighted by atomic mass is 32.1. The Labute approximate surface area is 138 Å². The molecule has 3 nitrogen and oxygen atoms in total. The van der Waals surface area contributed by atoms with Gasteiger partial charge in [-0.25, -0.2) is 9.37 Å². The summed E-state index contributed by atoms with van der Waals surface area (Å²) in [7, 11) is 0. The van der Waals surface area contributed by atoms with Gasteiger partial charge in [-0.3, -0.25) is 0 Å². The maximum Gasteiger partial charge on any atom is 0.142 e. The molecule has 0 aliphatic heterocycles. The Hall–Kier alpha value is -2.40. The third-order valence-electron chi connectivity index (χ3n) is 3.59. The lowest BCUT2D eigenvalue weighted by atomic mass is 10.2. The highest BCUT2D eigenvalue weighted by Gasteiger charge is 2.09. The number of nitrogen functional groups attached to an aromatic ring is 1. The first kappa shape index (κ1) is 15.5. The molecule has 0 unspecified atom stereocenters. The highest BCUT2D eigenvalue weighted by Crippen LogP contribution is 2.32. The fourth-order valence-corrected chi connectivity index (χ4v) is 3.06. The molecular weight excluding hydrogens is 311 g/mol. The highest BCUT2D eigenvalue weighted by molar-refractivity contribution is 7.15. The van der Waals surface area contributed by atoms with E-state index in [1.165, 1.54) is 17.0 Å². The molecule has 0 saturated heterocycles. The van der Waals surface area contributed by atoms with Crippen molar-refractivity contribution < 1.29 is 9.13 Å². The third-order valence-corrected chi connectivity index (χ3v) is 4.71. The van der Waals surface area contributed by atoms with E-state index in [4.69, 9.17) is 10.5 Å². The summed E-state index contributed by atoms with van der Waals surface area (Å²) in [4.78, 5) is 5.74. The van der Waals surface area contributed by atoms with Crippen LogP contribution in [0.1, 0.15) is 16.1 Å². The summed E-state index contributed by atoms with van der Waals surface area (Å²) in [5.41, 5.74) is 9.56. The van der Waals surface area contributed by atoms with E-state index in [0.717, 1.165) is 21.8 Å². The molecule has 0 amide bonds. The fraction of sp³-hybridized carbons (Fsp3) is 0.167. The van der Waals surface area contributed by atoms with Crippen molar-refractivity contribution in [2.45, 2.75) is 20.5 Å². The van der Waals surface area contributed by atoms with Gasteiger partial charge in [0.1, 0.15) is 23.2 Å². The molecule has 0 spiro atoms. The van der Waals surface area contributed by atoms with Crippen LogP contribution in [0, 0.1) is 19.7 Å². The van der Waals surface area contributed by atoms with Crippen LogP contribution in [-0.2, 0) is 6.61 Å². The quantitative estimate of drug-likeness (QED) is 0.705. The topological polar surface area (TPSA) is 48.1 Å². The van der Waals surface area contributed by atoms with Crippen LogP contribution >= 0.6 is 11.3 Å². The zero-order valence-electron chi connectivity index (χ0n) is 13.0. The number of thiazole rings is 1. The second-order valence-electron chi connectivity index (χ2n) is 5.33. The number of ether oxygens (including phenoxy) is 1. The zero-order valence-corrected chi connectivity index (χ0v) is 13.8. The third kappa shape index (κ3) is 3.51. The first-order valence-corrected chi connectivity index (χ1v) is 8.06. The molecular formula is C18H17FN2OS. The largest absolute Gasteiger partial charge is 0.487 e. The molecule has 5 heteroatoms. The number of halogens is 1. The van der Waals surface area contributed by atoms with Gasteiger partial charge in [0, 0.05) is 10.4 Å². The molecule has 0 bridgehead atoms. The van der Waals surface area contributed by atoms with Crippen LogP contribution in [0.25, 0.3) is 10.6 Å². The Morgan fingerprint density at radius 2 is 1.87 bits per heavy atom. The number of nitrogens with two attached hydrogens (primary N) is 1. The lowest BCUT2D eigenvalue weighted by Gasteiger charge is -2.10. The van der Waals surface area contributed by atoms with Gasteiger partial charge < -0.3 is 10.5 Å². The van der Waals surface area contributed by atoms with E-state index in [0.29, 0.717) is 18.0 Å². The predicted molar refractivity (Wildman–Crippen MR) is 92.2 cm³/mol. The summed E-state index contributed by atoms with van der Waals surface area (Å²) in [6.45, 7) is 4.40. The van der Waals surface area contributed by atoms with Gasteiger partial charge in [0.25, 0.3) is 0 Å². The van der Waals surface area contributed by atoms with Crippen molar-refractivity contribution >= 4 is 17.0 Å². The van der Waals surface area contributed by atoms with E-state index in [-0.39, 0.29) is 5.82 Å². The number of aromatic nitrogens is 1. The van der Waals surface area contributed by atoms with Gasteiger partial charge in [-0.05, 0) is 49.7 Å².